The van der Waals surface area contributed by atoms with Gasteiger partial charge in [-0.05, 0) is 31.2 Å². The van der Waals surface area contributed by atoms with E-state index in [-0.39, 0.29) is 17.8 Å². The Balaban J connectivity index is 1.94. The fraction of sp³-hybridized carbons (Fsp3) is 0.471. The molecule has 1 aliphatic heterocycles. The number of aliphatic hydroxyl groups excluding tert-OH is 3. The Morgan fingerprint density at radius 2 is 2.12 bits per heavy atom. The van der Waals surface area contributed by atoms with Crippen molar-refractivity contribution in [3.63, 3.8) is 0 Å². The maximum Gasteiger partial charge on any atom is 0.131 e. The molecule has 130 valence electrons. The SMILES string of the molecule is CC1=C[C@H](n2cc3cc(F)ccc3n2)[C@@H](C)[C@H](C(O)C(O)CO)O1. The number of aromatic nitrogens is 2. The van der Waals surface area contributed by atoms with Crippen LogP contribution in [0.4, 0.5) is 4.39 Å². The van der Waals surface area contributed by atoms with Crippen molar-refractivity contribution in [2.45, 2.75) is 38.2 Å². The number of nitrogens with zero attached hydrogens (tertiary/aromatic N) is 2. The molecule has 0 saturated heterocycles. The smallest absolute Gasteiger partial charge is 0.131 e. The second kappa shape index (κ2) is 6.51. The van der Waals surface area contributed by atoms with Crippen LogP contribution in [0.5, 0.6) is 0 Å². The van der Waals surface area contributed by atoms with E-state index in [1.807, 2.05) is 13.0 Å². The Morgan fingerprint density at radius 1 is 1.38 bits per heavy atom. The molecule has 0 aliphatic carbocycles. The Bertz CT molecular complexity index is 760. The lowest BCUT2D eigenvalue weighted by molar-refractivity contribution is -0.113. The topological polar surface area (TPSA) is 87.7 Å². The average molecular weight is 336 g/mol. The number of hydrogen-bond donors (Lipinski definition) is 3. The molecule has 0 bridgehead atoms. The van der Waals surface area contributed by atoms with Crippen molar-refractivity contribution >= 4 is 10.9 Å². The van der Waals surface area contributed by atoms with Gasteiger partial charge in [-0.2, -0.15) is 5.10 Å². The van der Waals surface area contributed by atoms with E-state index in [1.54, 1.807) is 23.9 Å². The summed E-state index contributed by atoms with van der Waals surface area (Å²) in [6.45, 7) is 3.08. The van der Waals surface area contributed by atoms with E-state index >= 15 is 0 Å². The molecular weight excluding hydrogens is 315 g/mol. The summed E-state index contributed by atoms with van der Waals surface area (Å²) in [5.74, 6) is 0.0512. The fourth-order valence-electron chi connectivity index (χ4n) is 3.14. The van der Waals surface area contributed by atoms with Crippen molar-refractivity contribution in [1.82, 2.24) is 9.78 Å². The number of aliphatic hydroxyl groups is 3. The van der Waals surface area contributed by atoms with Crippen LogP contribution >= 0.6 is 0 Å². The van der Waals surface area contributed by atoms with E-state index in [0.29, 0.717) is 16.7 Å². The summed E-state index contributed by atoms with van der Waals surface area (Å²) >= 11 is 0. The fourth-order valence-corrected chi connectivity index (χ4v) is 3.14. The van der Waals surface area contributed by atoms with Crippen LogP contribution in [0.2, 0.25) is 0 Å². The lowest BCUT2D eigenvalue weighted by atomic mass is 9.87. The summed E-state index contributed by atoms with van der Waals surface area (Å²) in [5.41, 5.74) is 0.675. The van der Waals surface area contributed by atoms with Crippen LogP contribution in [0.15, 0.2) is 36.2 Å². The molecule has 5 atom stereocenters. The van der Waals surface area contributed by atoms with Gasteiger partial charge in [-0.1, -0.05) is 6.92 Å². The largest absolute Gasteiger partial charge is 0.492 e. The third kappa shape index (κ3) is 3.02. The van der Waals surface area contributed by atoms with E-state index in [4.69, 9.17) is 9.84 Å². The molecule has 3 N–H and O–H groups in total. The van der Waals surface area contributed by atoms with Crippen LogP contribution in [-0.2, 0) is 4.74 Å². The van der Waals surface area contributed by atoms with E-state index in [9.17, 15) is 14.6 Å². The molecule has 3 rings (SSSR count). The molecule has 0 radical (unpaired) electrons. The zero-order valence-corrected chi connectivity index (χ0v) is 13.5. The zero-order chi connectivity index (χ0) is 17.4. The van der Waals surface area contributed by atoms with Crippen LogP contribution in [0.1, 0.15) is 19.9 Å². The molecule has 0 amide bonds. The lowest BCUT2D eigenvalue weighted by Crippen LogP contribution is -2.47. The first-order valence-electron chi connectivity index (χ1n) is 7.87. The van der Waals surface area contributed by atoms with E-state index in [0.717, 1.165) is 0 Å². The minimum Gasteiger partial charge on any atom is -0.492 e. The molecule has 0 spiro atoms. The number of benzene rings is 1. The molecular formula is C17H21FN2O4. The Morgan fingerprint density at radius 3 is 2.83 bits per heavy atom. The van der Waals surface area contributed by atoms with Crippen molar-refractivity contribution < 1.29 is 24.4 Å². The molecule has 2 unspecified atom stereocenters. The molecule has 2 heterocycles. The average Bonchev–Trinajstić information content (AvgIpc) is 2.97. The van der Waals surface area contributed by atoms with Gasteiger partial charge in [0, 0.05) is 17.5 Å². The molecule has 1 aromatic carbocycles. The first-order chi connectivity index (χ1) is 11.4. The van der Waals surface area contributed by atoms with Gasteiger partial charge in [0.05, 0.1) is 23.9 Å². The third-order valence-electron chi connectivity index (χ3n) is 4.49. The van der Waals surface area contributed by atoms with Crippen molar-refractivity contribution in [3.8, 4) is 0 Å². The predicted molar refractivity (Wildman–Crippen MR) is 85.6 cm³/mol. The van der Waals surface area contributed by atoms with Crippen molar-refractivity contribution in [1.29, 1.82) is 0 Å². The summed E-state index contributed by atoms with van der Waals surface area (Å²) in [6.07, 6.45) is 0.432. The number of fused-ring (bicyclic) bond motifs is 1. The number of rotatable bonds is 4. The Labute approximate surface area is 138 Å². The van der Waals surface area contributed by atoms with E-state index < -0.39 is 24.9 Å². The molecule has 2 aromatic rings. The second-order valence-corrected chi connectivity index (χ2v) is 6.26. The number of allylic oxidation sites excluding steroid dienone is 2. The summed E-state index contributed by atoms with van der Waals surface area (Å²) in [6, 6.07) is 4.17. The highest BCUT2D eigenvalue weighted by molar-refractivity contribution is 5.77. The first-order valence-corrected chi connectivity index (χ1v) is 7.87. The molecule has 1 aromatic heterocycles. The van der Waals surface area contributed by atoms with Crippen LogP contribution in [0.25, 0.3) is 10.9 Å². The lowest BCUT2D eigenvalue weighted by Gasteiger charge is -2.38. The van der Waals surface area contributed by atoms with Gasteiger partial charge in [0.1, 0.15) is 24.1 Å². The van der Waals surface area contributed by atoms with E-state index in [2.05, 4.69) is 5.10 Å². The summed E-state index contributed by atoms with van der Waals surface area (Å²) in [5, 5.41) is 34.2. The van der Waals surface area contributed by atoms with Crippen LogP contribution in [0.3, 0.4) is 0 Å². The molecule has 0 saturated carbocycles. The summed E-state index contributed by atoms with van der Waals surface area (Å²) in [7, 11) is 0. The van der Waals surface area contributed by atoms with Crippen molar-refractivity contribution in [3.05, 3.63) is 42.0 Å². The number of hydrogen-bond acceptors (Lipinski definition) is 5. The Hall–Kier alpha value is -1.96. The standard InChI is InChI=1S/C17H21FN2O4/c1-9-5-14(10(2)17(24-9)16(23)15(22)8-21)20-7-11-6-12(18)3-4-13(11)19-20/h3-7,10,14-17,21-23H,8H2,1-2H3/t10-,14+,15?,16?,17-/m1/s1. The molecule has 1 aliphatic rings. The first kappa shape index (κ1) is 16.9. The maximum absolute atomic E-state index is 13.4. The minimum atomic E-state index is -1.28. The van der Waals surface area contributed by atoms with Crippen molar-refractivity contribution in [2.24, 2.45) is 5.92 Å². The summed E-state index contributed by atoms with van der Waals surface area (Å²) in [4.78, 5) is 0. The zero-order valence-electron chi connectivity index (χ0n) is 13.5. The van der Waals surface area contributed by atoms with Crippen molar-refractivity contribution in [2.75, 3.05) is 6.61 Å². The van der Waals surface area contributed by atoms with E-state index in [1.165, 1.54) is 12.1 Å². The molecule has 0 fully saturated rings. The predicted octanol–water partition coefficient (Wildman–Crippen LogP) is 1.37. The van der Waals surface area contributed by atoms with Gasteiger partial charge < -0.3 is 20.1 Å². The van der Waals surface area contributed by atoms with Gasteiger partial charge in [-0.15, -0.1) is 0 Å². The number of halogens is 1. The highest BCUT2D eigenvalue weighted by Gasteiger charge is 2.39. The van der Waals surface area contributed by atoms with Gasteiger partial charge in [0.15, 0.2) is 0 Å². The molecule has 7 heteroatoms. The quantitative estimate of drug-likeness (QED) is 0.785. The summed E-state index contributed by atoms with van der Waals surface area (Å²) < 4.78 is 20.8. The van der Waals surface area contributed by atoms with Gasteiger partial charge in [0.25, 0.3) is 0 Å². The maximum atomic E-state index is 13.4. The number of ether oxygens (including phenoxy) is 1. The highest BCUT2D eigenvalue weighted by Crippen LogP contribution is 2.34. The second-order valence-electron chi connectivity index (χ2n) is 6.26. The van der Waals surface area contributed by atoms with Gasteiger partial charge in [0.2, 0.25) is 0 Å². The monoisotopic (exact) mass is 336 g/mol. The van der Waals surface area contributed by atoms with Crippen LogP contribution in [0, 0.1) is 11.7 Å². The minimum absolute atomic E-state index is 0.218. The van der Waals surface area contributed by atoms with Crippen LogP contribution < -0.4 is 0 Å². The normalized spacial score (nSPS) is 26.8. The van der Waals surface area contributed by atoms with Crippen LogP contribution in [-0.4, -0.2) is 50.0 Å². The van der Waals surface area contributed by atoms with Gasteiger partial charge >= 0.3 is 0 Å². The van der Waals surface area contributed by atoms with Gasteiger partial charge in [-0.3, -0.25) is 4.68 Å². The van der Waals surface area contributed by atoms with Gasteiger partial charge in [-0.25, -0.2) is 4.39 Å². The molecule has 6 nitrogen and oxygen atoms in total. The third-order valence-corrected chi connectivity index (χ3v) is 4.49. The highest BCUT2D eigenvalue weighted by atomic mass is 19.1. The molecule has 24 heavy (non-hydrogen) atoms. The Kier molecular flexibility index (Phi) is 4.58.